The van der Waals surface area contributed by atoms with Crippen molar-refractivity contribution in [3.63, 3.8) is 0 Å². The van der Waals surface area contributed by atoms with Crippen LogP contribution in [0, 0.1) is 0 Å². The van der Waals surface area contributed by atoms with Crippen molar-refractivity contribution < 1.29 is 29.7 Å². The van der Waals surface area contributed by atoms with E-state index in [1.807, 2.05) is 36.4 Å². The second-order valence-corrected chi connectivity index (χ2v) is 7.24. The number of hydrogen-bond donors (Lipinski definition) is 5. The molecular formula is C25H18N2O6. The van der Waals surface area contributed by atoms with Crippen molar-refractivity contribution in [2.75, 3.05) is 10.6 Å². The average Bonchev–Trinajstić information content (AvgIpc) is 2.80. The first-order chi connectivity index (χ1) is 15.8. The normalized spacial score (nSPS) is 10.5. The van der Waals surface area contributed by atoms with E-state index in [0.29, 0.717) is 5.69 Å². The molecule has 0 aliphatic carbocycles. The van der Waals surface area contributed by atoms with E-state index in [1.54, 1.807) is 6.07 Å². The molecule has 0 radical (unpaired) electrons. The van der Waals surface area contributed by atoms with E-state index >= 15 is 0 Å². The van der Waals surface area contributed by atoms with Gasteiger partial charge >= 0.3 is 11.9 Å². The molecule has 0 aliphatic heterocycles. The molecule has 4 aromatic carbocycles. The second kappa shape index (κ2) is 8.72. The lowest BCUT2D eigenvalue weighted by Crippen LogP contribution is -2.13. The fraction of sp³-hybridized carbons (Fsp3) is 0. The lowest BCUT2D eigenvalue weighted by Gasteiger charge is -2.14. The van der Waals surface area contributed by atoms with Crippen LogP contribution < -0.4 is 10.6 Å². The summed E-state index contributed by atoms with van der Waals surface area (Å²) in [7, 11) is 0. The first kappa shape index (κ1) is 21.4. The van der Waals surface area contributed by atoms with Gasteiger partial charge in [0.25, 0.3) is 5.91 Å². The van der Waals surface area contributed by atoms with Crippen LogP contribution in [0.3, 0.4) is 0 Å². The number of aromatic hydroxyl groups is 1. The molecule has 0 bridgehead atoms. The molecule has 8 nitrogen and oxygen atoms in total. The van der Waals surface area contributed by atoms with Gasteiger partial charge in [-0.1, -0.05) is 30.3 Å². The fourth-order valence-electron chi connectivity index (χ4n) is 3.36. The molecule has 8 heteroatoms. The third kappa shape index (κ3) is 4.59. The zero-order chi connectivity index (χ0) is 23.5. The van der Waals surface area contributed by atoms with Crippen LogP contribution >= 0.6 is 0 Å². The number of rotatable bonds is 6. The van der Waals surface area contributed by atoms with Gasteiger partial charge in [-0.15, -0.1) is 0 Å². The van der Waals surface area contributed by atoms with E-state index < -0.39 is 17.8 Å². The summed E-state index contributed by atoms with van der Waals surface area (Å²) in [4.78, 5) is 35.7. The van der Waals surface area contributed by atoms with Gasteiger partial charge in [-0.05, 0) is 59.3 Å². The monoisotopic (exact) mass is 442 g/mol. The van der Waals surface area contributed by atoms with Gasteiger partial charge in [0.05, 0.1) is 22.5 Å². The Bertz CT molecular complexity index is 1410. The third-order valence-corrected chi connectivity index (χ3v) is 5.03. The minimum Gasteiger partial charge on any atom is -0.506 e. The summed E-state index contributed by atoms with van der Waals surface area (Å²) < 4.78 is 0. The van der Waals surface area contributed by atoms with Crippen molar-refractivity contribution in [1.82, 2.24) is 0 Å². The number of benzene rings is 4. The van der Waals surface area contributed by atoms with Crippen molar-refractivity contribution in [2.24, 2.45) is 0 Å². The molecule has 0 aliphatic rings. The maximum atomic E-state index is 12.8. The second-order valence-electron chi connectivity index (χ2n) is 7.24. The predicted molar refractivity (Wildman–Crippen MR) is 124 cm³/mol. The van der Waals surface area contributed by atoms with Crippen LogP contribution in [0.2, 0.25) is 0 Å². The Morgan fingerprint density at radius 2 is 1.36 bits per heavy atom. The summed E-state index contributed by atoms with van der Waals surface area (Å²) in [6.07, 6.45) is 0. The Labute approximate surface area is 187 Å². The number of fused-ring (bicyclic) bond motifs is 1. The minimum atomic E-state index is -1.26. The molecular weight excluding hydrogens is 424 g/mol. The highest BCUT2D eigenvalue weighted by Gasteiger charge is 2.17. The van der Waals surface area contributed by atoms with E-state index in [4.69, 9.17) is 0 Å². The zero-order valence-electron chi connectivity index (χ0n) is 17.1. The van der Waals surface area contributed by atoms with Gasteiger partial charge in [-0.3, -0.25) is 4.79 Å². The largest absolute Gasteiger partial charge is 0.506 e. The maximum Gasteiger partial charge on any atom is 0.337 e. The number of carbonyl (C=O) groups is 3. The SMILES string of the molecule is O=C(O)c1ccc(O)c(Nc2cc(C(=O)Nc3ccc4ccccc4c3)ccc2C(=O)O)c1. The number of anilines is 3. The van der Waals surface area contributed by atoms with Crippen LogP contribution in [0.4, 0.5) is 17.1 Å². The number of phenols is 1. The molecule has 4 rings (SSSR count). The van der Waals surface area contributed by atoms with Crippen LogP contribution in [0.15, 0.2) is 78.9 Å². The number of carbonyl (C=O) groups excluding carboxylic acids is 1. The standard InChI is InChI=1S/C25H18N2O6/c28-22-10-7-17(24(30)31)13-21(22)27-20-12-16(6-9-19(20)25(32)33)23(29)26-18-8-5-14-3-1-2-4-15(14)11-18/h1-13,27-28H,(H,26,29)(H,30,31)(H,32,33). The number of nitrogens with one attached hydrogen (secondary N) is 2. The summed E-state index contributed by atoms with van der Waals surface area (Å²) in [6.45, 7) is 0. The number of carboxylic acids is 2. The number of amides is 1. The number of phenolic OH excluding ortho intramolecular Hbond substituents is 1. The van der Waals surface area contributed by atoms with Gasteiger partial charge in [0.2, 0.25) is 0 Å². The fourth-order valence-corrected chi connectivity index (χ4v) is 3.36. The van der Waals surface area contributed by atoms with E-state index in [-0.39, 0.29) is 33.8 Å². The lowest BCUT2D eigenvalue weighted by atomic mass is 10.1. The highest BCUT2D eigenvalue weighted by molar-refractivity contribution is 6.07. The smallest absolute Gasteiger partial charge is 0.337 e. The Balaban J connectivity index is 1.65. The molecule has 0 unspecified atom stereocenters. The minimum absolute atomic E-state index is 0.00973. The summed E-state index contributed by atoms with van der Waals surface area (Å²) in [5.74, 6) is -3.20. The highest BCUT2D eigenvalue weighted by atomic mass is 16.4. The number of carboxylic acid groups (broad SMARTS) is 2. The summed E-state index contributed by atoms with van der Waals surface area (Å²) in [5.41, 5.74) is 0.498. The molecule has 0 atom stereocenters. The Morgan fingerprint density at radius 1 is 0.667 bits per heavy atom. The molecule has 0 saturated carbocycles. The summed E-state index contributed by atoms with van der Waals surface area (Å²) >= 11 is 0. The Morgan fingerprint density at radius 3 is 2.09 bits per heavy atom. The molecule has 4 aromatic rings. The average molecular weight is 442 g/mol. The van der Waals surface area contributed by atoms with Gasteiger partial charge in [-0.2, -0.15) is 0 Å². The summed E-state index contributed by atoms with van der Waals surface area (Å²) in [5, 5.41) is 36.3. The predicted octanol–water partition coefficient (Wildman–Crippen LogP) is 4.94. The van der Waals surface area contributed by atoms with Gasteiger partial charge in [0.1, 0.15) is 5.75 Å². The Hall–Kier alpha value is -4.85. The van der Waals surface area contributed by atoms with Crippen molar-refractivity contribution in [3.8, 4) is 5.75 Å². The highest BCUT2D eigenvalue weighted by Crippen LogP contribution is 2.30. The molecule has 0 heterocycles. The van der Waals surface area contributed by atoms with E-state index in [2.05, 4.69) is 10.6 Å². The van der Waals surface area contributed by atoms with E-state index in [1.165, 1.54) is 36.4 Å². The summed E-state index contributed by atoms with van der Waals surface area (Å²) in [6, 6.07) is 20.7. The van der Waals surface area contributed by atoms with Gasteiger partial charge in [0, 0.05) is 11.3 Å². The van der Waals surface area contributed by atoms with Crippen molar-refractivity contribution in [2.45, 2.75) is 0 Å². The van der Waals surface area contributed by atoms with E-state index in [0.717, 1.165) is 10.8 Å². The topological polar surface area (TPSA) is 136 Å². The zero-order valence-corrected chi connectivity index (χ0v) is 17.1. The number of hydrogen-bond acceptors (Lipinski definition) is 5. The molecule has 5 N–H and O–H groups in total. The lowest BCUT2D eigenvalue weighted by molar-refractivity contribution is 0.0686. The van der Waals surface area contributed by atoms with Crippen LogP contribution in [-0.4, -0.2) is 33.2 Å². The van der Waals surface area contributed by atoms with Gasteiger partial charge in [0.15, 0.2) is 0 Å². The molecule has 0 fully saturated rings. The van der Waals surface area contributed by atoms with Crippen molar-refractivity contribution >= 4 is 45.7 Å². The van der Waals surface area contributed by atoms with Crippen LogP contribution in [-0.2, 0) is 0 Å². The third-order valence-electron chi connectivity index (χ3n) is 5.03. The first-order valence-electron chi connectivity index (χ1n) is 9.82. The molecule has 33 heavy (non-hydrogen) atoms. The maximum absolute atomic E-state index is 12.8. The van der Waals surface area contributed by atoms with Crippen molar-refractivity contribution in [3.05, 3.63) is 95.6 Å². The molecule has 0 spiro atoms. The first-order valence-corrected chi connectivity index (χ1v) is 9.82. The van der Waals surface area contributed by atoms with Gasteiger partial charge in [-0.25, -0.2) is 9.59 Å². The molecule has 164 valence electrons. The quantitative estimate of drug-likeness (QED) is 0.267. The van der Waals surface area contributed by atoms with Crippen LogP contribution in [0.25, 0.3) is 10.8 Å². The van der Waals surface area contributed by atoms with Crippen molar-refractivity contribution in [1.29, 1.82) is 0 Å². The van der Waals surface area contributed by atoms with Gasteiger partial charge < -0.3 is 26.0 Å². The van der Waals surface area contributed by atoms with Crippen LogP contribution in [0.1, 0.15) is 31.1 Å². The molecule has 1 amide bonds. The number of aromatic carboxylic acids is 2. The Kier molecular flexibility index (Phi) is 5.65. The van der Waals surface area contributed by atoms with E-state index in [9.17, 15) is 29.7 Å². The molecule has 0 saturated heterocycles. The molecule has 0 aromatic heterocycles. The van der Waals surface area contributed by atoms with Crippen LogP contribution in [0.5, 0.6) is 5.75 Å².